The molecule has 0 fully saturated rings. The van der Waals surface area contributed by atoms with Crippen molar-refractivity contribution in [1.82, 2.24) is 0 Å². The van der Waals surface area contributed by atoms with Crippen LogP contribution in [0.1, 0.15) is 12.0 Å². The summed E-state index contributed by atoms with van der Waals surface area (Å²) in [7, 11) is 0. The summed E-state index contributed by atoms with van der Waals surface area (Å²) in [5.74, 6) is -0.276. The number of aryl methyl sites for hydroxylation is 1. The quantitative estimate of drug-likeness (QED) is 0.745. The van der Waals surface area contributed by atoms with Crippen LogP contribution < -0.4 is 10.6 Å². The van der Waals surface area contributed by atoms with E-state index in [-0.39, 0.29) is 5.91 Å². The molecule has 0 bridgehead atoms. The van der Waals surface area contributed by atoms with Gasteiger partial charge in [0.15, 0.2) is 0 Å². The lowest BCUT2D eigenvalue weighted by Crippen LogP contribution is -2.37. The summed E-state index contributed by atoms with van der Waals surface area (Å²) in [5, 5.41) is 0. The summed E-state index contributed by atoms with van der Waals surface area (Å²) in [6.45, 7) is 1.22. The second kappa shape index (κ2) is 3.70. The molecular formula is C11H13N2O. The molecule has 2 N–H and O–H groups in total. The molecule has 14 heavy (non-hydrogen) atoms. The van der Waals surface area contributed by atoms with Crippen LogP contribution in [0.4, 0.5) is 5.69 Å². The van der Waals surface area contributed by atoms with Gasteiger partial charge in [-0.2, -0.15) is 0 Å². The molecule has 0 saturated carbocycles. The molecule has 73 valence electrons. The lowest BCUT2D eigenvalue weighted by atomic mass is 10.0. The normalized spacial score (nSPS) is 15.0. The van der Waals surface area contributed by atoms with E-state index in [0.29, 0.717) is 6.54 Å². The molecule has 0 saturated heterocycles. The van der Waals surface area contributed by atoms with E-state index in [4.69, 9.17) is 5.73 Å². The summed E-state index contributed by atoms with van der Waals surface area (Å²) in [4.78, 5) is 12.9. The monoisotopic (exact) mass is 189 g/mol. The van der Waals surface area contributed by atoms with Crippen molar-refractivity contribution in [2.45, 2.75) is 12.8 Å². The third kappa shape index (κ3) is 1.71. The Morgan fingerprint density at radius 2 is 2.50 bits per heavy atom. The number of hydrogen-bond donors (Lipinski definition) is 1. The Balaban J connectivity index is 2.26. The van der Waals surface area contributed by atoms with E-state index in [2.05, 4.69) is 12.1 Å². The van der Waals surface area contributed by atoms with Gasteiger partial charge in [0.25, 0.3) is 0 Å². The molecule has 0 atom stereocenters. The van der Waals surface area contributed by atoms with Crippen molar-refractivity contribution in [2.75, 3.05) is 18.0 Å². The Kier molecular flexibility index (Phi) is 2.39. The van der Waals surface area contributed by atoms with Crippen molar-refractivity contribution in [3.8, 4) is 0 Å². The topological polar surface area (TPSA) is 46.3 Å². The van der Waals surface area contributed by atoms with Gasteiger partial charge in [0.05, 0.1) is 6.54 Å². The SMILES string of the molecule is NC(=O)CN1CCCc2cc[c]cc21. The average Bonchev–Trinajstić information content (AvgIpc) is 2.18. The number of fused-ring (bicyclic) bond motifs is 1. The number of rotatable bonds is 2. The van der Waals surface area contributed by atoms with E-state index in [1.807, 2.05) is 17.0 Å². The number of anilines is 1. The van der Waals surface area contributed by atoms with Gasteiger partial charge >= 0.3 is 0 Å². The molecule has 1 aliphatic heterocycles. The highest BCUT2D eigenvalue weighted by Gasteiger charge is 2.16. The molecule has 1 heterocycles. The second-order valence-electron chi connectivity index (χ2n) is 3.55. The van der Waals surface area contributed by atoms with Crippen molar-refractivity contribution in [3.63, 3.8) is 0 Å². The zero-order valence-electron chi connectivity index (χ0n) is 7.99. The second-order valence-corrected chi connectivity index (χ2v) is 3.55. The Labute approximate surface area is 83.5 Å². The van der Waals surface area contributed by atoms with Crippen molar-refractivity contribution < 1.29 is 4.79 Å². The van der Waals surface area contributed by atoms with Crippen LogP contribution in [-0.2, 0) is 11.2 Å². The summed E-state index contributed by atoms with van der Waals surface area (Å²) in [5.41, 5.74) is 7.59. The van der Waals surface area contributed by atoms with Gasteiger partial charge in [0, 0.05) is 12.2 Å². The highest BCUT2D eigenvalue weighted by Crippen LogP contribution is 2.25. The molecule has 1 radical (unpaired) electrons. The number of amides is 1. The van der Waals surface area contributed by atoms with Crippen LogP contribution in [0, 0.1) is 6.07 Å². The van der Waals surface area contributed by atoms with E-state index in [0.717, 1.165) is 25.1 Å². The molecule has 1 aliphatic rings. The predicted molar refractivity (Wildman–Crippen MR) is 55.0 cm³/mol. The number of nitrogens with zero attached hydrogens (tertiary/aromatic N) is 1. The largest absolute Gasteiger partial charge is 0.368 e. The van der Waals surface area contributed by atoms with Gasteiger partial charge in [-0.25, -0.2) is 0 Å². The standard InChI is InChI=1S/C11H13N2O/c12-11(14)8-13-7-3-5-9-4-1-2-6-10(9)13/h1,4,6H,3,5,7-8H2,(H2,12,14). The Morgan fingerprint density at radius 1 is 1.64 bits per heavy atom. The number of hydrogen-bond acceptors (Lipinski definition) is 2. The molecule has 0 spiro atoms. The van der Waals surface area contributed by atoms with Gasteiger partial charge in [-0.15, -0.1) is 0 Å². The van der Waals surface area contributed by atoms with Crippen LogP contribution in [0.2, 0.25) is 0 Å². The molecular weight excluding hydrogens is 176 g/mol. The first-order valence-electron chi connectivity index (χ1n) is 4.79. The van der Waals surface area contributed by atoms with Crippen LogP contribution in [0.25, 0.3) is 0 Å². The fraction of sp³-hybridized carbons (Fsp3) is 0.364. The summed E-state index contributed by atoms with van der Waals surface area (Å²) in [6.07, 6.45) is 2.17. The Hall–Kier alpha value is -1.51. The van der Waals surface area contributed by atoms with Crippen molar-refractivity contribution in [1.29, 1.82) is 0 Å². The van der Waals surface area contributed by atoms with Gasteiger partial charge < -0.3 is 10.6 Å². The smallest absolute Gasteiger partial charge is 0.236 e. The first-order valence-corrected chi connectivity index (χ1v) is 4.79. The van der Waals surface area contributed by atoms with E-state index >= 15 is 0 Å². The van der Waals surface area contributed by atoms with Crippen molar-refractivity contribution in [2.24, 2.45) is 5.73 Å². The molecule has 0 aromatic heterocycles. The van der Waals surface area contributed by atoms with Crippen molar-refractivity contribution in [3.05, 3.63) is 29.8 Å². The maximum Gasteiger partial charge on any atom is 0.236 e. The average molecular weight is 189 g/mol. The summed E-state index contributed by atoms with van der Waals surface area (Å²) < 4.78 is 0. The van der Waals surface area contributed by atoms with Crippen LogP contribution in [0.15, 0.2) is 18.2 Å². The van der Waals surface area contributed by atoms with E-state index in [1.54, 1.807) is 0 Å². The number of carbonyl (C=O) groups excluding carboxylic acids is 1. The highest BCUT2D eigenvalue weighted by molar-refractivity contribution is 5.80. The zero-order chi connectivity index (χ0) is 9.97. The molecule has 1 amide bonds. The first kappa shape index (κ1) is 9.06. The molecule has 3 nitrogen and oxygen atoms in total. The fourth-order valence-corrected chi connectivity index (χ4v) is 1.89. The molecule has 0 aliphatic carbocycles. The molecule has 2 rings (SSSR count). The van der Waals surface area contributed by atoms with Crippen molar-refractivity contribution >= 4 is 11.6 Å². The van der Waals surface area contributed by atoms with Gasteiger partial charge in [-0.3, -0.25) is 4.79 Å². The molecule has 3 heteroatoms. The predicted octanol–water partition coefficient (Wildman–Crippen LogP) is 0.725. The van der Waals surface area contributed by atoms with E-state index in [9.17, 15) is 4.79 Å². The minimum absolute atomic E-state index is 0.276. The minimum atomic E-state index is -0.276. The van der Waals surface area contributed by atoms with Crippen LogP contribution in [0.5, 0.6) is 0 Å². The van der Waals surface area contributed by atoms with Crippen LogP contribution in [-0.4, -0.2) is 19.0 Å². The summed E-state index contributed by atoms with van der Waals surface area (Å²) >= 11 is 0. The number of benzene rings is 1. The number of primary amides is 1. The lowest BCUT2D eigenvalue weighted by molar-refractivity contribution is -0.116. The maximum absolute atomic E-state index is 10.8. The van der Waals surface area contributed by atoms with Gasteiger partial charge in [-0.1, -0.05) is 12.1 Å². The molecule has 0 unspecified atom stereocenters. The van der Waals surface area contributed by atoms with Crippen LogP contribution >= 0.6 is 0 Å². The lowest BCUT2D eigenvalue weighted by Gasteiger charge is -2.29. The number of nitrogens with two attached hydrogens (primary N) is 1. The van der Waals surface area contributed by atoms with Gasteiger partial charge in [0.1, 0.15) is 0 Å². The van der Waals surface area contributed by atoms with Gasteiger partial charge in [-0.05, 0) is 30.5 Å². The minimum Gasteiger partial charge on any atom is -0.368 e. The van der Waals surface area contributed by atoms with Crippen LogP contribution in [0.3, 0.4) is 0 Å². The fourth-order valence-electron chi connectivity index (χ4n) is 1.89. The number of carbonyl (C=O) groups is 1. The molecule has 1 aromatic carbocycles. The van der Waals surface area contributed by atoms with E-state index < -0.39 is 0 Å². The zero-order valence-corrected chi connectivity index (χ0v) is 7.99. The third-order valence-electron chi connectivity index (χ3n) is 2.49. The van der Waals surface area contributed by atoms with Gasteiger partial charge in [0.2, 0.25) is 5.91 Å². The third-order valence-corrected chi connectivity index (χ3v) is 2.49. The summed E-state index contributed by atoms with van der Waals surface area (Å²) in [6, 6.07) is 8.93. The highest BCUT2D eigenvalue weighted by atomic mass is 16.1. The Morgan fingerprint density at radius 3 is 3.29 bits per heavy atom. The Bertz CT molecular complexity index is 349. The first-order chi connectivity index (χ1) is 6.77. The molecule has 1 aromatic rings. The maximum atomic E-state index is 10.8. The van der Waals surface area contributed by atoms with E-state index in [1.165, 1.54) is 5.56 Å².